The molecule has 0 unspecified atom stereocenters. The van der Waals surface area contributed by atoms with Crippen LogP contribution >= 0.6 is 0 Å². The highest BCUT2D eigenvalue weighted by molar-refractivity contribution is 5.90. The number of morpholine rings is 1. The van der Waals surface area contributed by atoms with Crippen LogP contribution in [0.2, 0.25) is 0 Å². The molecule has 0 saturated carbocycles. The highest BCUT2D eigenvalue weighted by Gasteiger charge is 2.20. The second-order valence-electron chi connectivity index (χ2n) is 5.47. The minimum absolute atomic E-state index is 0.273. The van der Waals surface area contributed by atoms with Gasteiger partial charge in [-0.3, -0.25) is 0 Å². The van der Waals surface area contributed by atoms with Crippen molar-refractivity contribution in [3.63, 3.8) is 0 Å². The fourth-order valence-corrected chi connectivity index (χ4v) is 2.88. The van der Waals surface area contributed by atoms with Crippen LogP contribution in [0.3, 0.4) is 0 Å². The number of hydrogen-bond donors (Lipinski definition) is 0. The van der Waals surface area contributed by atoms with E-state index in [0.717, 1.165) is 41.3 Å². The number of aryl methyl sites for hydroxylation is 1. The molecule has 0 radical (unpaired) electrons. The molecule has 7 heteroatoms. The Morgan fingerprint density at radius 1 is 1.09 bits per heavy atom. The summed E-state index contributed by atoms with van der Waals surface area (Å²) in [5.41, 5.74) is 2.35. The Hall–Kier alpha value is -2.54. The van der Waals surface area contributed by atoms with Crippen LogP contribution in [0.5, 0.6) is 0 Å². The summed E-state index contributed by atoms with van der Waals surface area (Å²) in [4.78, 5) is 11.0. The van der Waals surface area contributed by atoms with Crippen molar-refractivity contribution in [1.82, 2.24) is 19.7 Å². The normalized spacial score (nSPS) is 15.3. The van der Waals surface area contributed by atoms with Gasteiger partial charge in [0.15, 0.2) is 5.65 Å². The third kappa shape index (κ3) is 2.43. The van der Waals surface area contributed by atoms with Crippen molar-refractivity contribution in [3.05, 3.63) is 42.1 Å². The Kier molecular flexibility index (Phi) is 3.42. The van der Waals surface area contributed by atoms with Gasteiger partial charge in [0.05, 0.1) is 30.0 Å². The third-order valence-corrected chi connectivity index (χ3v) is 4.00. The van der Waals surface area contributed by atoms with Crippen molar-refractivity contribution in [2.45, 2.75) is 6.92 Å². The molecule has 4 rings (SSSR count). The number of fused-ring (bicyclic) bond motifs is 1. The van der Waals surface area contributed by atoms with E-state index in [1.54, 1.807) is 23.1 Å². The average Bonchev–Trinajstić information content (AvgIpc) is 2.94. The van der Waals surface area contributed by atoms with Gasteiger partial charge in [-0.2, -0.15) is 5.10 Å². The molecule has 0 aliphatic carbocycles. The van der Waals surface area contributed by atoms with Crippen LogP contribution in [-0.2, 0) is 4.74 Å². The molecule has 0 atom stereocenters. The number of ether oxygens (including phenoxy) is 1. The first kappa shape index (κ1) is 14.1. The Morgan fingerprint density at radius 2 is 1.83 bits per heavy atom. The molecular formula is C16H16FN5O. The van der Waals surface area contributed by atoms with Gasteiger partial charge >= 0.3 is 0 Å². The van der Waals surface area contributed by atoms with Gasteiger partial charge in [0.25, 0.3) is 0 Å². The molecule has 1 saturated heterocycles. The summed E-state index contributed by atoms with van der Waals surface area (Å²) < 4.78 is 20.3. The molecule has 3 aromatic rings. The highest BCUT2D eigenvalue weighted by atomic mass is 19.1. The van der Waals surface area contributed by atoms with E-state index >= 15 is 0 Å². The Bertz CT molecular complexity index is 840. The van der Waals surface area contributed by atoms with Gasteiger partial charge in [-0.05, 0) is 31.2 Å². The first-order chi connectivity index (χ1) is 11.2. The third-order valence-electron chi connectivity index (χ3n) is 4.00. The molecule has 1 fully saturated rings. The molecule has 1 aliphatic rings. The summed E-state index contributed by atoms with van der Waals surface area (Å²) in [6.45, 7) is 4.92. The van der Waals surface area contributed by atoms with Crippen molar-refractivity contribution < 1.29 is 9.13 Å². The Labute approximate surface area is 132 Å². The Morgan fingerprint density at radius 3 is 2.57 bits per heavy atom. The molecule has 1 aromatic carbocycles. The molecule has 2 aromatic heterocycles. The minimum atomic E-state index is -0.273. The van der Waals surface area contributed by atoms with E-state index in [0.29, 0.717) is 13.2 Å². The zero-order chi connectivity index (χ0) is 15.8. The number of halogens is 1. The predicted molar refractivity (Wildman–Crippen MR) is 84.4 cm³/mol. The van der Waals surface area contributed by atoms with Gasteiger partial charge in [-0.15, -0.1) is 0 Å². The molecule has 0 N–H and O–H groups in total. The van der Waals surface area contributed by atoms with Gasteiger partial charge < -0.3 is 9.64 Å². The maximum Gasteiger partial charge on any atom is 0.168 e. The number of rotatable bonds is 2. The smallest absolute Gasteiger partial charge is 0.168 e. The summed E-state index contributed by atoms with van der Waals surface area (Å²) in [5, 5.41) is 5.51. The monoisotopic (exact) mass is 313 g/mol. The van der Waals surface area contributed by atoms with Crippen LogP contribution in [0, 0.1) is 12.7 Å². The van der Waals surface area contributed by atoms with E-state index in [9.17, 15) is 4.39 Å². The molecule has 6 nitrogen and oxygen atoms in total. The zero-order valence-corrected chi connectivity index (χ0v) is 12.7. The summed E-state index contributed by atoms with van der Waals surface area (Å²) in [6.07, 6.45) is 1.55. The van der Waals surface area contributed by atoms with Gasteiger partial charge in [0.1, 0.15) is 18.0 Å². The van der Waals surface area contributed by atoms with E-state index in [4.69, 9.17) is 4.74 Å². The molecule has 0 bridgehead atoms. The average molecular weight is 313 g/mol. The van der Waals surface area contributed by atoms with E-state index < -0.39 is 0 Å². The van der Waals surface area contributed by atoms with Crippen LogP contribution in [0.1, 0.15) is 5.69 Å². The van der Waals surface area contributed by atoms with Gasteiger partial charge in [-0.1, -0.05) is 0 Å². The second-order valence-corrected chi connectivity index (χ2v) is 5.47. The van der Waals surface area contributed by atoms with E-state index in [2.05, 4.69) is 20.0 Å². The van der Waals surface area contributed by atoms with Crippen LogP contribution in [0.15, 0.2) is 30.6 Å². The molecule has 23 heavy (non-hydrogen) atoms. The SMILES string of the molecule is Cc1nn(-c2ccc(F)cc2)c2ncnc(N3CCOCC3)c12. The van der Waals surface area contributed by atoms with Gasteiger partial charge in [0, 0.05) is 13.1 Å². The number of benzene rings is 1. The standard InChI is InChI=1S/C16H16FN5O/c1-11-14-15(21-6-8-23-9-7-21)18-10-19-16(14)22(20-11)13-4-2-12(17)3-5-13/h2-5,10H,6-9H2,1H3. The summed E-state index contributed by atoms with van der Waals surface area (Å²) in [6, 6.07) is 6.22. The first-order valence-corrected chi connectivity index (χ1v) is 7.53. The largest absolute Gasteiger partial charge is 0.378 e. The van der Waals surface area contributed by atoms with E-state index in [-0.39, 0.29) is 5.82 Å². The van der Waals surface area contributed by atoms with Crippen molar-refractivity contribution in [2.75, 3.05) is 31.2 Å². The predicted octanol–water partition coefficient (Wildman–Crippen LogP) is 2.10. The van der Waals surface area contributed by atoms with Crippen LogP contribution in [0.4, 0.5) is 10.2 Å². The lowest BCUT2D eigenvalue weighted by Crippen LogP contribution is -2.36. The molecule has 0 spiro atoms. The molecule has 0 amide bonds. The Balaban J connectivity index is 1.87. The molecule has 118 valence electrons. The van der Waals surface area contributed by atoms with Crippen LogP contribution in [-0.4, -0.2) is 46.1 Å². The van der Waals surface area contributed by atoms with E-state index in [1.165, 1.54) is 12.1 Å². The lowest BCUT2D eigenvalue weighted by Gasteiger charge is -2.28. The van der Waals surface area contributed by atoms with Crippen molar-refractivity contribution >= 4 is 16.9 Å². The van der Waals surface area contributed by atoms with Gasteiger partial charge in [-0.25, -0.2) is 19.0 Å². The van der Waals surface area contributed by atoms with Crippen molar-refractivity contribution in [1.29, 1.82) is 0 Å². The number of aromatic nitrogens is 4. The lowest BCUT2D eigenvalue weighted by molar-refractivity contribution is 0.122. The van der Waals surface area contributed by atoms with Crippen molar-refractivity contribution in [3.8, 4) is 5.69 Å². The topological polar surface area (TPSA) is 56.1 Å². The number of nitrogens with zero attached hydrogens (tertiary/aromatic N) is 5. The summed E-state index contributed by atoms with van der Waals surface area (Å²) >= 11 is 0. The maximum absolute atomic E-state index is 13.2. The molecular weight excluding hydrogens is 297 g/mol. The molecule has 3 heterocycles. The summed E-state index contributed by atoms with van der Waals surface area (Å²) in [7, 11) is 0. The lowest BCUT2D eigenvalue weighted by atomic mass is 10.2. The highest BCUT2D eigenvalue weighted by Crippen LogP contribution is 2.28. The maximum atomic E-state index is 13.2. The second kappa shape index (κ2) is 5.58. The fraction of sp³-hybridized carbons (Fsp3) is 0.312. The van der Waals surface area contributed by atoms with E-state index in [1.807, 2.05) is 6.92 Å². The van der Waals surface area contributed by atoms with Gasteiger partial charge in [0.2, 0.25) is 0 Å². The van der Waals surface area contributed by atoms with Crippen LogP contribution in [0.25, 0.3) is 16.7 Å². The number of anilines is 1. The van der Waals surface area contributed by atoms with Crippen LogP contribution < -0.4 is 4.90 Å². The number of hydrogen-bond acceptors (Lipinski definition) is 5. The molecule has 1 aliphatic heterocycles. The van der Waals surface area contributed by atoms with Crippen molar-refractivity contribution in [2.24, 2.45) is 0 Å². The fourth-order valence-electron chi connectivity index (χ4n) is 2.88. The quantitative estimate of drug-likeness (QED) is 0.725. The minimum Gasteiger partial charge on any atom is -0.378 e. The summed E-state index contributed by atoms with van der Waals surface area (Å²) in [5.74, 6) is 0.606. The first-order valence-electron chi connectivity index (χ1n) is 7.53. The zero-order valence-electron chi connectivity index (χ0n) is 12.7.